The summed E-state index contributed by atoms with van der Waals surface area (Å²) in [5.74, 6) is 0. The van der Waals surface area contributed by atoms with Crippen LogP contribution in [-0.2, 0) is 16.2 Å². The minimum atomic E-state index is -4.73. The van der Waals surface area contributed by atoms with E-state index in [0.29, 0.717) is 11.3 Å². The number of pyridine rings is 1. The van der Waals surface area contributed by atoms with Gasteiger partial charge in [0.05, 0.1) is 21.7 Å². The number of nitrogens with zero attached hydrogens (tertiary/aromatic N) is 3. The molecule has 3 aromatic rings. The number of hydrogen-bond donors (Lipinski definition) is 1. The van der Waals surface area contributed by atoms with E-state index in [2.05, 4.69) is 4.98 Å². The minimum absolute atomic E-state index is 0.0297. The standard InChI is InChI=1S/C25H22F6N4O2S/c26-24(27,28)16-12-19-20(13-32)21(35(22(19)33-14-16)17-4-2-1-3-5-17)15-6-8-18(9-7-15)38(36,37)34-23(10-11-23)25(29,30)31/h6-9,12,14,17,34H,1-5,10-11H2. The largest absolute Gasteiger partial charge is 0.417 e. The molecule has 1 aromatic carbocycles. The number of sulfonamides is 1. The summed E-state index contributed by atoms with van der Waals surface area (Å²) in [6, 6.07) is 7.69. The Morgan fingerprint density at radius 1 is 1.03 bits per heavy atom. The molecule has 0 radical (unpaired) electrons. The number of nitriles is 1. The predicted molar refractivity (Wildman–Crippen MR) is 125 cm³/mol. The molecule has 2 aliphatic carbocycles. The van der Waals surface area contributed by atoms with E-state index in [1.165, 1.54) is 12.1 Å². The molecule has 2 aromatic heterocycles. The van der Waals surface area contributed by atoms with Gasteiger partial charge in [0.2, 0.25) is 10.0 Å². The molecule has 13 heteroatoms. The van der Waals surface area contributed by atoms with Gasteiger partial charge in [-0.3, -0.25) is 0 Å². The van der Waals surface area contributed by atoms with Crippen LogP contribution in [0.25, 0.3) is 22.3 Å². The number of rotatable bonds is 5. The van der Waals surface area contributed by atoms with Crippen LogP contribution >= 0.6 is 0 Å². The normalized spacial score (nSPS) is 18.4. The van der Waals surface area contributed by atoms with Gasteiger partial charge in [0.25, 0.3) is 0 Å². The molecule has 2 saturated carbocycles. The van der Waals surface area contributed by atoms with Crippen LogP contribution in [0.1, 0.15) is 62.1 Å². The van der Waals surface area contributed by atoms with Crippen LogP contribution in [-0.4, -0.2) is 29.7 Å². The number of hydrogen-bond acceptors (Lipinski definition) is 4. The maximum Gasteiger partial charge on any atom is 0.417 e. The molecule has 2 aliphatic rings. The first kappa shape index (κ1) is 26.5. The Morgan fingerprint density at radius 2 is 1.66 bits per heavy atom. The molecular formula is C25H22F6N4O2S. The van der Waals surface area contributed by atoms with Gasteiger partial charge >= 0.3 is 12.4 Å². The fourth-order valence-corrected chi connectivity index (χ4v) is 6.56. The van der Waals surface area contributed by atoms with E-state index in [4.69, 9.17) is 0 Å². The molecule has 0 unspecified atom stereocenters. The van der Waals surface area contributed by atoms with Crippen molar-refractivity contribution in [3.05, 3.63) is 47.7 Å². The Balaban J connectivity index is 1.62. The molecule has 0 atom stereocenters. The first-order valence-corrected chi connectivity index (χ1v) is 13.5. The van der Waals surface area contributed by atoms with Crippen molar-refractivity contribution in [3.8, 4) is 17.3 Å². The van der Waals surface area contributed by atoms with E-state index < -0.39 is 38.4 Å². The summed E-state index contributed by atoms with van der Waals surface area (Å²) in [6.45, 7) is 0. The summed E-state index contributed by atoms with van der Waals surface area (Å²) in [4.78, 5) is 3.69. The first-order valence-electron chi connectivity index (χ1n) is 12.0. The molecular weight excluding hydrogens is 534 g/mol. The molecule has 5 rings (SSSR count). The highest BCUT2D eigenvalue weighted by Crippen LogP contribution is 2.50. The second-order valence-corrected chi connectivity index (χ2v) is 11.5. The van der Waals surface area contributed by atoms with Gasteiger partial charge in [-0.1, -0.05) is 31.4 Å². The van der Waals surface area contributed by atoms with Gasteiger partial charge < -0.3 is 4.57 Å². The Bertz CT molecular complexity index is 1530. The van der Waals surface area contributed by atoms with Gasteiger partial charge in [-0.05, 0) is 49.4 Å². The molecule has 0 spiro atoms. The maximum atomic E-state index is 13.4. The summed E-state index contributed by atoms with van der Waals surface area (Å²) in [5.41, 5.74) is -2.66. The topological polar surface area (TPSA) is 87.8 Å². The summed E-state index contributed by atoms with van der Waals surface area (Å²) in [5, 5.41) is 10.0. The number of benzene rings is 1. The van der Waals surface area contributed by atoms with E-state index in [0.717, 1.165) is 56.5 Å². The van der Waals surface area contributed by atoms with Crippen LogP contribution in [0.2, 0.25) is 0 Å². The molecule has 38 heavy (non-hydrogen) atoms. The molecule has 202 valence electrons. The van der Waals surface area contributed by atoms with Crippen molar-refractivity contribution in [2.75, 3.05) is 0 Å². The van der Waals surface area contributed by atoms with E-state index in [1.54, 1.807) is 9.29 Å². The number of alkyl halides is 6. The van der Waals surface area contributed by atoms with Crippen LogP contribution in [0.3, 0.4) is 0 Å². The number of nitrogens with one attached hydrogen (secondary N) is 1. The van der Waals surface area contributed by atoms with Crippen molar-refractivity contribution in [2.45, 2.75) is 73.8 Å². The quantitative estimate of drug-likeness (QED) is 0.365. The van der Waals surface area contributed by atoms with Gasteiger partial charge in [0, 0.05) is 17.6 Å². The van der Waals surface area contributed by atoms with E-state index >= 15 is 0 Å². The third-order valence-electron chi connectivity index (χ3n) is 7.28. The third-order valence-corrected chi connectivity index (χ3v) is 8.83. The Morgan fingerprint density at radius 3 is 2.18 bits per heavy atom. The van der Waals surface area contributed by atoms with Gasteiger partial charge in [0.1, 0.15) is 17.3 Å². The van der Waals surface area contributed by atoms with Crippen molar-refractivity contribution in [3.63, 3.8) is 0 Å². The monoisotopic (exact) mass is 556 g/mol. The van der Waals surface area contributed by atoms with Crippen LogP contribution in [0.5, 0.6) is 0 Å². The van der Waals surface area contributed by atoms with Crippen LogP contribution in [0.4, 0.5) is 26.3 Å². The Labute approximate surface area is 214 Å². The zero-order chi connectivity index (χ0) is 27.5. The molecule has 0 saturated heterocycles. The highest BCUT2D eigenvalue weighted by Gasteiger charge is 2.65. The first-order chi connectivity index (χ1) is 17.8. The van der Waals surface area contributed by atoms with Gasteiger partial charge in [-0.2, -0.15) is 36.3 Å². The minimum Gasteiger partial charge on any atom is -0.321 e. The Hall–Kier alpha value is -3.11. The highest BCUT2D eigenvalue weighted by molar-refractivity contribution is 7.89. The van der Waals surface area contributed by atoms with Crippen LogP contribution in [0.15, 0.2) is 41.4 Å². The van der Waals surface area contributed by atoms with Gasteiger partial charge in [-0.25, -0.2) is 13.4 Å². The second kappa shape index (κ2) is 8.98. The van der Waals surface area contributed by atoms with Gasteiger partial charge in [-0.15, -0.1) is 0 Å². The van der Waals surface area contributed by atoms with E-state index in [1.807, 2.05) is 6.07 Å². The zero-order valence-corrected chi connectivity index (χ0v) is 20.6. The van der Waals surface area contributed by atoms with Gasteiger partial charge in [0.15, 0.2) is 0 Å². The smallest absolute Gasteiger partial charge is 0.321 e. The molecule has 0 bridgehead atoms. The fraction of sp³-hybridized carbons (Fsp3) is 0.440. The molecule has 6 nitrogen and oxygen atoms in total. The van der Waals surface area contributed by atoms with E-state index in [-0.39, 0.29) is 35.5 Å². The average molecular weight is 557 g/mol. The lowest BCUT2D eigenvalue weighted by atomic mass is 9.94. The lowest BCUT2D eigenvalue weighted by molar-refractivity contribution is -0.160. The van der Waals surface area contributed by atoms with Crippen molar-refractivity contribution >= 4 is 21.1 Å². The predicted octanol–water partition coefficient (Wildman–Crippen LogP) is 6.47. The summed E-state index contributed by atoms with van der Waals surface area (Å²) < 4.78 is 109. The lowest BCUT2D eigenvalue weighted by Crippen LogP contribution is -2.47. The summed E-state index contributed by atoms with van der Waals surface area (Å²) >= 11 is 0. The molecule has 2 fully saturated rings. The number of halogens is 6. The van der Waals surface area contributed by atoms with Crippen LogP contribution < -0.4 is 4.72 Å². The average Bonchev–Trinajstić information content (AvgIpc) is 3.57. The van der Waals surface area contributed by atoms with E-state index in [9.17, 15) is 40.0 Å². The van der Waals surface area contributed by atoms with Crippen molar-refractivity contribution in [1.29, 1.82) is 5.26 Å². The van der Waals surface area contributed by atoms with Crippen molar-refractivity contribution in [1.82, 2.24) is 14.3 Å². The molecule has 1 N–H and O–H groups in total. The molecule has 0 aliphatic heterocycles. The third kappa shape index (κ3) is 4.53. The summed E-state index contributed by atoms with van der Waals surface area (Å²) in [7, 11) is -4.51. The number of fused-ring (bicyclic) bond motifs is 1. The molecule has 2 heterocycles. The fourth-order valence-electron chi connectivity index (χ4n) is 5.11. The highest BCUT2D eigenvalue weighted by atomic mass is 32.2. The van der Waals surface area contributed by atoms with Crippen molar-refractivity contribution < 1.29 is 34.8 Å². The van der Waals surface area contributed by atoms with Crippen molar-refractivity contribution in [2.24, 2.45) is 0 Å². The number of aromatic nitrogens is 2. The molecule has 0 amide bonds. The SMILES string of the molecule is N#Cc1c(-c2ccc(S(=O)(=O)NC3(C(F)(F)F)CC3)cc2)n(C2CCCCC2)c2ncc(C(F)(F)F)cc12. The lowest BCUT2D eigenvalue weighted by Gasteiger charge is -2.26. The maximum absolute atomic E-state index is 13.4. The summed E-state index contributed by atoms with van der Waals surface area (Å²) in [6.07, 6.45) is -5.17. The Kier molecular flexibility index (Phi) is 6.26. The second-order valence-electron chi connectivity index (χ2n) is 9.80. The van der Waals surface area contributed by atoms with Crippen LogP contribution in [0, 0.1) is 11.3 Å². The zero-order valence-electron chi connectivity index (χ0n) is 19.8.